The minimum Gasteiger partial charge on any atom is -0.312 e. The van der Waals surface area contributed by atoms with Gasteiger partial charge in [-0.25, -0.2) is 8.42 Å². The number of hydrogen-bond acceptors (Lipinski definition) is 4. The van der Waals surface area contributed by atoms with Gasteiger partial charge in [-0.1, -0.05) is 6.92 Å². The number of nitrogens with one attached hydrogen (secondary N) is 1. The molecule has 4 nitrogen and oxygen atoms in total. The van der Waals surface area contributed by atoms with Crippen molar-refractivity contribution in [3.63, 3.8) is 0 Å². The Morgan fingerprint density at radius 3 is 2.19 bits per heavy atom. The summed E-state index contributed by atoms with van der Waals surface area (Å²) in [6.45, 7) is 11.2. The van der Waals surface area contributed by atoms with Crippen LogP contribution in [0.25, 0.3) is 0 Å². The molecule has 0 spiro atoms. The predicted molar refractivity (Wildman–Crippen MR) is 69.6 cm³/mol. The standard InChI is InChI=1S/C11H26N2O2S/c1-6-13(10(2)3)8-7-12-11(4)9-16(5,14)15/h10-12H,6-9H2,1-5H3. The van der Waals surface area contributed by atoms with Crippen LogP contribution in [0.1, 0.15) is 27.7 Å². The van der Waals surface area contributed by atoms with Gasteiger partial charge in [0.05, 0.1) is 5.75 Å². The van der Waals surface area contributed by atoms with Crippen molar-refractivity contribution < 1.29 is 8.42 Å². The summed E-state index contributed by atoms with van der Waals surface area (Å²) in [6, 6.07) is 0.567. The van der Waals surface area contributed by atoms with Gasteiger partial charge in [-0.05, 0) is 27.3 Å². The van der Waals surface area contributed by atoms with Crippen LogP contribution in [0.15, 0.2) is 0 Å². The number of nitrogens with zero attached hydrogens (tertiary/aromatic N) is 1. The van der Waals surface area contributed by atoms with Gasteiger partial charge in [-0.2, -0.15) is 0 Å². The van der Waals surface area contributed by atoms with Gasteiger partial charge >= 0.3 is 0 Å². The van der Waals surface area contributed by atoms with E-state index in [0.717, 1.165) is 19.6 Å². The molecule has 16 heavy (non-hydrogen) atoms. The molecular formula is C11H26N2O2S. The first-order valence-electron chi connectivity index (χ1n) is 5.91. The first kappa shape index (κ1) is 15.9. The molecule has 0 amide bonds. The highest BCUT2D eigenvalue weighted by Crippen LogP contribution is 1.96. The molecule has 1 N–H and O–H groups in total. The van der Waals surface area contributed by atoms with Crippen molar-refractivity contribution in [2.45, 2.75) is 39.8 Å². The quantitative estimate of drug-likeness (QED) is 0.690. The molecular weight excluding hydrogens is 224 g/mol. The zero-order valence-corrected chi connectivity index (χ0v) is 12.0. The summed E-state index contributed by atoms with van der Waals surface area (Å²) in [5.41, 5.74) is 0. The lowest BCUT2D eigenvalue weighted by Gasteiger charge is -2.25. The van der Waals surface area contributed by atoms with Gasteiger partial charge in [0.2, 0.25) is 0 Å². The minimum atomic E-state index is -2.87. The van der Waals surface area contributed by atoms with Gasteiger partial charge < -0.3 is 5.32 Å². The van der Waals surface area contributed by atoms with Crippen molar-refractivity contribution >= 4 is 9.84 Å². The Morgan fingerprint density at radius 2 is 1.81 bits per heavy atom. The Labute approximate surface area is 100 Å². The van der Waals surface area contributed by atoms with Crippen LogP contribution >= 0.6 is 0 Å². The number of likely N-dealkylation sites (N-methyl/N-ethyl adjacent to an activating group) is 1. The van der Waals surface area contributed by atoms with Crippen LogP contribution in [0.5, 0.6) is 0 Å². The van der Waals surface area contributed by atoms with Crippen molar-refractivity contribution in [2.75, 3.05) is 31.6 Å². The molecule has 0 fully saturated rings. The molecule has 0 aromatic carbocycles. The molecule has 0 radical (unpaired) electrons. The normalized spacial score (nSPS) is 14.7. The zero-order valence-electron chi connectivity index (χ0n) is 11.2. The van der Waals surface area contributed by atoms with E-state index in [0.29, 0.717) is 6.04 Å². The van der Waals surface area contributed by atoms with Crippen molar-refractivity contribution in [3.05, 3.63) is 0 Å². The van der Waals surface area contributed by atoms with Crippen LogP contribution in [0.3, 0.4) is 0 Å². The van der Waals surface area contributed by atoms with Crippen LogP contribution in [-0.4, -0.2) is 57.0 Å². The fourth-order valence-corrected chi connectivity index (χ4v) is 2.78. The van der Waals surface area contributed by atoms with Gasteiger partial charge in [-0.15, -0.1) is 0 Å². The molecule has 0 aliphatic rings. The summed E-state index contributed by atoms with van der Waals surface area (Å²) in [6.07, 6.45) is 1.28. The molecule has 0 aromatic rings. The highest BCUT2D eigenvalue weighted by molar-refractivity contribution is 7.90. The van der Waals surface area contributed by atoms with Crippen molar-refractivity contribution in [1.82, 2.24) is 10.2 Å². The molecule has 0 aromatic heterocycles. The van der Waals surface area contributed by atoms with Crippen LogP contribution in [-0.2, 0) is 9.84 Å². The summed E-state index contributed by atoms with van der Waals surface area (Å²) in [4.78, 5) is 2.35. The maximum atomic E-state index is 11.1. The molecule has 5 heteroatoms. The first-order valence-corrected chi connectivity index (χ1v) is 7.97. The fraction of sp³-hybridized carbons (Fsp3) is 1.00. The van der Waals surface area contributed by atoms with E-state index in [9.17, 15) is 8.42 Å². The highest BCUT2D eigenvalue weighted by atomic mass is 32.2. The third-order valence-corrected chi connectivity index (χ3v) is 3.69. The minimum absolute atomic E-state index is 0.0286. The van der Waals surface area contributed by atoms with E-state index in [1.807, 2.05) is 6.92 Å². The maximum Gasteiger partial charge on any atom is 0.148 e. The molecule has 0 saturated heterocycles. The summed E-state index contributed by atoms with van der Waals surface area (Å²) in [7, 11) is -2.87. The van der Waals surface area contributed by atoms with E-state index < -0.39 is 9.84 Å². The summed E-state index contributed by atoms with van der Waals surface area (Å²) in [5, 5.41) is 3.24. The summed E-state index contributed by atoms with van der Waals surface area (Å²) in [5.74, 6) is 0.209. The second kappa shape index (κ2) is 7.25. The van der Waals surface area contributed by atoms with Gasteiger partial charge in [0, 0.05) is 31.4 Å². The lowest BCUT2D eigenvalue weighted by Crippen LogP contribution is -2.41. The monoisotopic (exact) mass is 250 g/mol. The van der Waals surface area contributed by atoms with E-state index in [1.54, 1.807) is 0 Å². The van der Waals surface area contributed by atoms with Crippen molar-refractivity contribution in [1.29, 1.82) is 0 Å². The van der Waals surface area contributed by atoms with Crippen molar-refractivity contribution in [3.8, 4) is 0 Å². The Morgan fingerprint density at radius 1 is 1.25 bits per heavy atom. The van der Waals surface area contributed by atoms with E-state index in [-0.39, 0.29) is 11.8 Å². The molecule has 0 heterocycles. The zero-order chi connectivity index (χ0) is 12.8. The van der Waals surface area contributed by atoms with Gasteiger partial charge in [0.1, 0.15) is 9.84 Å². The van der Waals surface area contributed by atoms with Crippen LogP contribution in [0.2, 0.25) is 0 Å². The molecule has 1 unspecified atom stereocenters. The average molecular weight is 250 g/mol. The largest absolute Gasteiger partial charge is 0.312 e. The molecule has 0 aliphatic carbocycles. The lowest BCUT2D eigenvalue weighted by molar-refractivity contribution is 0.232. The van der Waals surface area contributed by atoms with Crippen LogP contribution in [0.4, 0.5) is 0 Å². The summed E-state index contributed by atoms with van der Waals surface area (Å²) >= 11 is 0. The third-order valence-electron chi connectivity index (χ3n) is 2.58. The van der Waals surface area contributed by atoms with E-state index in [1.165, 1.54) is 6.26 Å². The fourth-order valence-electron chi connectivity index (χ4n) is 1.75. The topological polar surface area (TPSA) is 49.4 Å². The highest BCUT2D eigenvalue weighted by Gasteiger charge is 2.11. The van der Waals surface area contributed by atoms with Gasteiger partial charge in [0.15, 0.2) is 0 Å². The SMILES string of the molecule is CCN(CCNC(C)CS(C)(=O)=O)C(C)C. The Balaban J connectivity index is 3.81. The number of sulfone groups is 1. The number of rotatable bonds is 8. The molecule has 1 atom stereocenters. The first-order chi connectivity index (χ1) is 7.26. The van der Waals surface area contributed by atoms with E-state index in [4.69, 9.17) is 0 Å². The smallest absolute Gasteiger partial charge is 0.148 e. The Bertz CT molecular complexity index is 276. The molecule has 0 rings (SSSR count). The Hall–Kier alpha value is -0.130. The molecule has 98 valence electrons. The molecule has 0 bridgehead atoms. The maximum absolute atomic E-state index is 11.1. The van der Waals surface area contributed by atoms with Crippen LogP contribution in [0, 0.1) is 0 Å². The van der Waals surface area contributed by atoms with Crippen molar-refractivity contribution in [2.24, 2.45) is 0 Å². The lowest BCUT2D eigenvalue weighted by atomic mass is 10.3. The second-order valence-electron chi connectivity index (χ2n) is 4.67. The summed E-state index contributed by atoms with van der Waals surface area (Å²) < 4.78 is 22.1. The molecule has 0 aliphatic heterocycles. The predicted octanol–water partition coefficient (Wildman–Crippen LogP) is 0.739. The van der Waals surface area contributed by atoms with Gasteiger partial charge in [-0.3, -0.25) is 4.90 Å². The second-order valence-corrected chi connectivity index (χ2v) is 6.85. The van der Waals surface area contributed by atoms with E-state index >= 15 is 0 Å². The third kappa shape index (κ3) is 8.07. The number of hydrogen-bond donors (Lipinski definition) is 1. The van der Waals surface area contributed by atoms with Crippen LogP contribution < -0.4 is 5.32 Å². The van der Waals surface area contributed by atoms with Gasteiger partial charge in [0.25, 0.3) is 0 Å². The Kier molecular flexibility index (Phi) is 7.19. The average Bonchev–Trinajstić information content (AvgIpc) is 2.08. The molecule has 0 saturated carbocycles. The van der Waals surface area contributed by atoms with E-state index in [2.05, 4.69) is 31.0 Å².